The summed E-state index contributed by atoms with van der Waals surface area (Å²) in [5.74, 6) is 0.286. The topological polar surface area (TPSA) is 47.0 Å². The number of carbonyl (C=O) groups excluding carboxylic acids is 1. The van der Waals surface area contributed by atoms with Crippen LogP contribution >= 0.6 is 0 Å². The number of hydrogen-bond acceptors (Lipinski definition) is 4. The van der Waals surface area contributed by atoms with Crippen LogP contribution in [0, 0.1) is 0 Å². The number of carbonyl (C=O) groups is 1. The molecule has 2 aliphatic heterocycles. The molecule has 110 valence electrons. The predicted octanol–water partition coefficient (Wildman–Crippen LogP) is -0.00270. The van der Waals surface area contributed by atoms with Gasteiger partial charge in [-0.1, -0.05) is 0 Å². The monoisotopic (exact) mass is 269 g/mol. The Labute approximate surface area is 116 Å². The summed E-state index contributed by atoms with van der Waals surface area (Å²) in [7, 11) is 0. The molecule has 5 nitrogen and oxygen atoms in total. The van der Waals surface area contributed by atoms with Crippen LogP contribution in [0.25, 0.3) is 0 Å². The molecule has 2 aliphatic rings. The molecule has 2 fully saturated rings. The molecule has 1 amide bonds. The van der Waals surface area contributed by atoms with Crippen LogP contribution in [0.15, 0.2) is 0 Å². The van der Waals surface area contributed by atoms with E-state index in [1.54, 1.807) is 0 Å². The van der Waals surface area contributed by atoms with Crippen LogP contribution in [0.4, 0.5) is 0 Å². The van der Waals surface area contributed by atoms with Gasteiger partial charge in [0.2, 0.25) is 5.91 Å². The van der Waals surface area contributed by atoms with E-state index in [1.165, 1.54) is 0 Å². The van der Waals surface area contributed by atoms with Gasteiger partial charge in [-0.2, -0.15) is 0 Å². The number of nitrogens with zero attached hydrogens (tertiary/aromatic N) is 3. The number of piperazine rings is 1. The van der Waals surface area contributed by atoms with Gasteiger partial charge in [0.25, 0.3) is 0 Å². The highest BCUT2D eigenvalue weighted by Gasteiger charge is 2.25. The normalized spacial score (nSPS) is 23.0. The van der Waals surface area contributed by atoms with Crippen LogP contribution < -0.4 is 0 Å². The summed E-state index contributed by atoms with van der Waals surface area (Å²) in [6.45, 7) is 10.6. The van der Waals surface area contributed by atoms with E-state index in [0.29, 0.717) is 13.1 Å². The van der Waals surface area contributed by atoms with E-state index in [-0.39, 0.29) is 5.91 Å². The van der Waals surface area contributed by atoms with Gasteiger partial charge in [-0.25, -0.2) is 0 Å². The van der Waals surface area contributed by atoms with E-state index in [1.807, 2.05) is 18.7 Å². The quantitative estimate of drug-likeness (QED) is 0.780. The van der Waals surface area contributed by atoms with Gasteiger partial charge in [-0.15, -0.1) is 0 Å². The van der Waals surface area contributed by atoms with Gasteiger partial charge in [0.15, 0.2) is 0 Å². The van der Waals surface area contributed by atoms with Gasteiger partial charge >= 0.3 is 0 Å². The highest BCUT2D eigenvalue weighted by molar-refractivity contribution is 5.78. The van der Waals surface area contributed by atoms with Crippen molar-refractivity contribution in [1.82, 2.24) is 14.7 Å². The van der Waals surface area contributed by atoms with Crippen molar-refractivity contribution in [2.75, 3.05) is 52.4 Å². The van der Waals surface area contributed by atoms with Crippen molar-refractivity contribution in [2.45, 2.75) is 32.3 Å². The van der Waals surface area contributed by atoms with Crippen molar-refractivity contribution >= 4 is 5.91 Å². The third-order valence-electron chi connectivity index (χ3n) is 3.89. The molecule has 0 aromatic heterocycles. The first-order valence-electron chi connectivity index (χ1n) is 7.39. The van der Waals surface area contributed by atoms with E-state index in [0.717, 1.165) is 52.1 Å². The first-order valence-corrected chi connectivity index (χ1v) is 7.39. The zero-order chi connectivity index (χ0) is 13.9. The van der Waals surface area contributed by atoms with E-state index in [4.69, 9.17) is 0 Å². The predicted molar refractivity (Wildman–Crippen MR) is 75.0 cm³/mol. The average molecular weight is 269 g/mol. The number of likely N-dealkylation sites (tertiary alicyclic amines) is 1. The minimum absolute atomic E-state index is 0.286. The average Bonchev–Trinajstić information content (AvgIpc) is 2.83. The maximum Gasteiger partial charge on any atom is 0.236 e. The molecule has 2 heterocycles. The number of aliphatic hydroxyl groups is 1. The largest absolute Gasteiger partial charge is 0.389 e. The van der Waals surface area contributed by atoms with Crippen LogP contribution in [0.3, 0.4) is 0 Å². The molecule has 0 unspecified atom stereocenters. The molecule has 0 aromatic rings. The number of β-amino-alcohol motifs (C(OH)–C–C–N with tert-alkyl or cyclic N) is 1. The molecule has 19 heavy (non-hydrogen) atoms. The lowest BCUT2D eigenvalue weighted by atomic mass is 10.1. The Kier molecular flexibility index (Phi) is 4.81. The van der Waals surface area contributed by atoms with Crippen molar-refractivity contribution in [3.05, 3.63) is 0 Å². The summed E-state index contributed by atoms with van der Waals surface area (Å²) >= 11 is 0. The molecule has 0 aliphatic carbocycles. The second kappa shape index (κ2) is 6.20. The molecule has 0 atom stereocenters. The fourth-order valence-electron chi connectivity index (χ4n) is 2.91. The fourth-order valence-corrected chi connectivity index (χ4v) is 2.91. The highest BCUT2D eigenvalue weighted by atomic mass is 16.3. The zero-order valence-electron chi connectivity index (χ0n) is 12.3. The van der Waals surface area contributed by atoms with E-state index >= 15 is 0 Å². The fraction of sp³-hybridized carbons (Fsp3) is 0.929. The van der Waals surface area contributed by atoms with Crippen LogP contribution in [0.5, 0.6) is 0 Å². The summed E-state index contributed by atoms with van der Waals surface area (Å²) in [6.07, 6.45) is 2.32. The smallest absolute Gasteiger partial charge is 0.236 e. The molecular formula is C14H27N3O2. The molecule has 2 saturated heterocycles. The number of rotatable bonds is 4. The Hall–Kier alpha value is -0.650. The van der Waals surface area contributed by atoms with Gasteiger partial charge in [0.1, 0.15) is 0 Å². The lowest BCUT2D eigenvalue weighted by Crippen LogP contribution is -2.52. The van der Waals surface area contributed by atoms with Crippen molar-refractivity contribution < 1.29 is 9.90 Å². The molecule has 0 saturated carbocycles. The Morgan fingerprint density at radius 2 is 1.53 bits per heavy atom. The zero-order valence-corrected chi connectivity index (χ0v) is 12.3. The molecule has 1 N–H and O–H groups in total. The molecule has 2 rings (SSSR count). The van der Waals surface area contributed by atoms with Crippen molar-refractivity contribution in [2.24, 2.45) is 0 Å². The van der Waals surface area contributed by atoms with Gasteiger partial charge in [0.05, 0.1) is 12.1 Å². The third-order valence-corrected chi connectivity index (χ3v) is 3.89. The molecule has 0 spiro atoms. The maximum atomic E-state index is 12.1. The Bertz CT molecular complexity index is 300. The second-order valence-electron chi connectivity index (χ2n) is 6.45. The lowest BCUT2D eigenvalue weighted by molar-refractivity contribution is -0.131. The van der Waals surface area contributed by atoms with Crippen LogP contribution in [0.2, 0.25) is 0 Å². The standard InChI is InChI=1S/C14H27N3O2/c1-14(2,19)12-16-9-7-15(8-10-16)11-13(18)17-5-3-4-6-17/h19H,3-12H2,1-2H3. The van der Waals surface area contributed by atoms with E-state index in [9.17, 15) is 9.90 Å². The van der Waals surface area contributed by atoms with E-state index in [2.05, 4.69) is 9.80 Å². The maximum absolute atomic E-state index is 12.1. The van der Waals surface area contributed by atoms with Crippen LogP contribution in [-0.4, -0.2) is 83.7 Å². The molecule has 0 radical (unpaired) electrons. The highest BCUT2D eigenvalue weighted by Crippen LogP contribution is 2.11. The third kappa shape index (κ3) is 4.75. The number of amides is 1. The minimum Gasteiger partial charge on any atom is -0.389 e. The molecule has 0 bridgehead atoms. The Morgan fingerprint density at radius 3 is 2.05 bits per heavy atom. The second-order valence-corrected chi connectivity index (χ2v) is 6.45. The SMILES string of the molecule is CC(C)(O)CN1CCN(CC(=O)N2CCCC2)CC1. The summed E-state index contributed by atoms with van der Waals surface area (Å²) < 4.78 is 0. The summed E-state index contributed by atoms with van der Waals surface area (Å²) in [6, 6.07) is 0. The first kappa shape index (κ1) is 14.8. The number of hydrogen-bond donors (Lipinski definition) is 1. The van der Waals surface area contributed by atoms with Gasteiger partial charge in [-0.3, -0.25) is 14.6 Å². The van der Waals surface area contributed by atoms with Gasteiger partial charge in [0, 0.05) is 45.8 Å². The lowest BCUT2D eigenvalue weighted by Gasteiger charge is -2.37. The first-order chi connectivity index (χ1) is 8.94. The Morgan fingerprint density at radius 1 is 1.00 bits per heavy atom. The summed E-state index contributed by atoms with van der Waals surface area (Å²) in [5, 5.41) is 9.81. The van der Waals surface area contributed by atoms with Crippen LogP contribution in [-0.2, 0) is 4.79 Å². The Balaban J connectivity index is 1.69. The molecular weight excluding hydrogens is 242 g/mol. The molecule has 5 heteroatoms. The van der Waals surface area contributed by atoms with Gasteiger partial charge < -0.3 is 10.0 Å². The summed E-state index contributed by atoms with van der Waals surface area (Å²) in [5.41, 5.74) is -0.631. The van der Waals surface area contributed by atoms with Crippen molar-refractivity contribution in [1.29, 1.82) is 0 Å². The summed E-state index contributed by atoms with van der Waals surface area (Å²) in [4.78, 5) is 18.6. The molecule has 0 aromatic carbocycles. The van der Waals surface area contributed by atoms with Gasteiger partial charge in [-0.05, 0) is 26.7 Å². The van der Waals surface area contributed by atoms with Crippen molar-refractivity contribution in [3.63, 3.8) is 0 Å². The minimum atomic E-state index is -0.631. The van der Waals surface area contributed by atoms with E-state index < -0.39 is 5.60 Å². The van der Waals surface area contributed by atoms with Crippen molar-refractivity contribution in [3.8, 4) is 0 Å². The van der Waals surface area contributed by atoms with Crippen LogP contribution in [0.1, 0.15) is 26.7 Å².